The summed E-state index contributed by atoms with van der Waals surface area (Å²) in [5.74, 6) is -0.521. The average molecular weight is 320 g/mol. The molecule has 0 saturated carbocycles. The third kappa shape index (κ3) is 3.62. The van der Waals surface area contributed by atoms with Crippen LogP contribution in [-0.4, -0.2) is 23.6 Å². The van der Waals surface area contributed by atoms with Crippen molar-refractivity contribution in [3.8, 4) is 0 Å². The van der Waals surface area contributed by atoms with Crippen molar-refractivity contribution in [2.45, 2.75) is 39.7 Å². The molecule has 0 aliphatic rings. The Labute approximate surface area is 133 Å². The van der Waals surface area contributed by atoms with Crippen LogP contribution in [0.2, 0.25) is 0 Å². The number of aromatic nitrogens is 1. The Morgan fingerprint density at radius 3 is 2.73 bits per heavy atom. The quantitative estimate of drug-likeness (QED) is 0.796. The molecule has 6 heteroatoms. The molecule has 0 saturated heterocycles. The number of methoxy groups -OCH3 is 1. The van der Waals surface area contributed by atoms with Crippen LogP contribution in [0.15, 0.2) is 23.2 Å². The van der Waals surface area contributed by atoms with E-state index in [1.54, 1.807) is 4.57 Å². The number of rotatable bonds is 5. The van der Waals surface area contributed by atoms with Crippen LogP contribution in [0.1, 0.15) is 32.3 Å². The molecule has 1 aromatic heterocycles. The molecule has 5 nitrogen and oxygen atoms in total. The molecule has 22 heavy (non-hydrogen) atoms. The SMILES string of the molecule is CCCC(=O)N=c1sc2cc(CC)ccc2n1CC(=O)OC. The van der Waals surface area contributed by atoms with Crippen molar-refractivity contribution in [3.63, 3.8) is 0 Å². The predicted molar refractivity (Wildman–Crippen MR) is 86.7 cm³/mol. The Kier molecular flexibility index (Phi) is 5.49. The summed E-state index contributed by atoms with van der Waals surface area (Å²) < 4.78 is 7.51. The molecule has 0 aliphatic heterocycles. The Balaban J connectivity index is 2.59. The first-order chi connectivity index (χ1) is 10.6. The molecular weight excluding hydrogens is 300 g/mol. The van der Waals surface area contributed by atoms with Crippen LogP contribution >= 0.6 is 11.3 Å². The first-order valence-corrected chi connectivity index (χ1v) is 8.17. The van der Waals surface area contributed by atoms with E-state index in [2.05, 4.69) is 18.0 Å². The van der Waals surface area contributed by atoms with Crippen LogP contribution in [0.4, 0.5) is 0 Å². The van der Waals surface area contributed by atoms with Gasteiger partial charge in [0.25, 0.3) is 0 Å². The Bertz CT molecular complexity index is 758. The van der Waals surface area contributed by atoms with E-state index in [0.29, 0.717) is 11.2 Å². The summed E-state index contributed by atoms with van der Waals surface area (Å²) in [6, 6.07) is 6.08. The third-order valence-corrected chi connectivity index (χ3v) is 4.40. The largest absolute Gasteiger partial charge is 0.468 e. The highest BCUT2D eigenvalue weighted by molar-refractivity contribution is 7.16. The zero-order chi connectivity index (χ0) is 16.1. The number of carbonyl (C=O) groups is 2. The average Bonchev–Trinajstić information content (AvgIpc) is 2.83. The van der Waals surface area contributed by atoms with Crippen LogP contribution < -0.4 is 4.80 Å². The summed E-state index contributed by atoms with van der Waals surface area (Å²) in [5, 5.41) is 0. The maximum Gasteiger partial charge on any atom is 0.325 e. The first kappa shape index (κ1) is 16.4. The lowest BCUT2D eigenvalue weighted by Gasteiger charge is -2.04. The van der Waals surface area contributed by atoms with Crippen molar-refractivity contribution in [2.75, 3.05) is 7.11 Å². The molecule has 0 N–H and O–H groups in total. The van der Waals surface area contributed by atoms with Crippen LogP contribution in [0, 0.1) is 0 Å². The smallest absolute Gasteiger partial charge is 0.325 e. The normalized spacial score (nSPS) is 11.9. The molecule has 0 fully saturated rings. The van der Waals surface area contributed by atoms with E-state index in [0.717, 1.165) is 23.1 Å². The molecule has 1 aromatic carbocycles. The molecule has 2 rings (SSSR count). The fourth-order valence-electron chi connectivity index (χ4n) is 2.15. The van der Waals surface area contributed by atoms with Gasteiger partial charge in [-0.25, -0.2) is 0 Å². The molecule has 1 amide bonds. The summed E-state index contributed by atoms with van der Waals surface area (Å²) in [5.41, 5.74) is 2.11. The highest BCUT2D eigenvalue weighted by atomic mass is 32.1. The van der Waals surface area contributed by atoms with Gasteiger partial charge >= 0.3 is 5.97 Å². The number of fused-ring (bicyclic) bond motifs is 1. The van der Waals surface area contributed by atoms with Gasteiger partial charge in [-0.1, -0.05) is 31.3 Å². The Morgan fingerprint density at radius 2 is 2.09 bits per heavy atom. The van der Waals surface area contributed by atoms with Crippen molar-refractivity contribution < 1.29 is 14.3 Å². The van der Waals surface area contributed by atoms with E-state index in [4.69, 9.17) is 4.74 Å². The van der Waals surface area contributed by atoms with E-state index < -0.39 is 0 Å². The van der Waals surface area contributed by atoms with Crippen LogP contribution in [-0.2, 0) is 27.3 Å². The minimum atomic E-state index is -0.358. The van der Waals surface area contributed by atoms with Crippen molar-refractivity contribution in [1.82, 2.24) is 4.57 Å². The second-order valence-electron chi connectivity index (χ2n) is 4.96. The number of thiazole rings is 1. The van der Waals surface area contributed by atoms with Crippen LogP contribution in [0.5, 0.6) is 0 Å². The second kappa shape index (κ2) is 7.35. The molecule has 0 atom stereocenters. The fraction of sp³-hybridized carbons (Fsp3) is 0.438. The molecule has 0 aliphatic carbocycles. The molecule has 1 heterocycles. The number of ether oxygens (including phenoxy) is 1. The first-order valence-electron chi connectivity index (χ1n) is 7.35. The number of aryl methyl sites for hydroxylation is 1. The zero-order valence-corrected chi connectivity index (χ0v) is 13.9. The number of benzene rings is 1. The monoisotopic (exact) mass is 320 g/mol. The maximum absolute atomic E-state index is 11.8. The van der Waals surface area contributed by atoms with Crippen molar-refractivity contribution in [3.05, 3.63) is 28.6 Å². The lowest BCUT2D eigenvalue weighted by atomic mass is 10.2. The maximum atomic E-state index is 11.8. The van der Waals surface area contributed by atoms with Gasteiger partial charge < -0.3 is 9.30 Å². The van der Waals surface area contributed by atoms with Crippen molar-refractivity contribution in [1.29, 1.82) is 0 Å². The van der Waals surface area contributed by atoms with E-state index in [1.165, 1.54) is 24.0 Å². The molecule has 118 valence electrons. The molecule has 0 spiro atoms. The number of carbonyl (C=O) groups excluding carboxylic acids is 2. The second-order valence-corrected chi connectivity index (χ2v) is 5.97. The minimum Gasteiger partial charge on any atom is -0.468 e. The lowest BCUT2D eigenvalue weighted by molar-refractivity contribution is -0.141. The Hall–Kier alpha value is -1.95. The summed E-state index contributed by atoms with van der Waals surface area (Å²) >= 11 is 1.43. The topological polar surface area (TPSA) is 60.7 Å². The minimum absolute atomic E-state index is 0.0558. The Morgan fingerprint density at radius 1 is 1.32 bits per heavy atom. The van der Waals surface area contributed by atoms with E-state index in [9.17, 15) is 9.59 Å². The predicted octanol–water partition coefficient (Wildman–Crippen LogP) is 2.67. The molecule has 2 aromatic rings. The molecule has 0 bridgehead atoms. The van der Waals surface area contributed by atoms with Gasteiger partial charge in [0.05, 0.1) is 17.3 Å². The van der Waals surface area contributed by atoms with Gasteiger partial charge in [0.15, 0.2) is 4.80 Å². The van der Waals surface area contributed by atoms with Gasteiger partial charge in [-0.3, -0.25) is 9.59 Å². The number of esters is 1. The van der Waals surface area contributed by atoms with Crippen molar-refractivity contribution >= 4 is 33.4 Å². The third-order valence-electron chi connectivity index (χ3n) is 3.35. The highest BCUT2D eigenvalue weighted by Gasteiger charge is 2.12. The lowest BCUT2D eigenvalue weighted by Crippen LogP contribution is -2.22. The summed E-state index contributed by atoms with van der Waals surface area (Å²) in [6.45, 7) is 4.09. The van der Waals surface area contributed by atoms with Gasteiger partial charge in [0, 0.05) is 6.42 Å². The van der Waals surface area contributed by atoms with E-state index in [1.807, 2.05) is 19.1 Å². The summed E-state index contributed by atoms with van der Waals surface area (Å²) in [4.78, 5) is 28.2. The van der Waals surface area contributed by atoms with E-state index >= 15 is 0 Å². The number of hydrogen-bond acceptors (Lipinski definition) is 4. The van der Waals surface area contributed by atoms with Gasteiger partial charge in [-0.15, -0.1) is 0 Å². The summed E-state index contributed by atoms with van der Waals surface area (Å²) in [7, 11) is 1.35. The highest BCUT2D eigenvalue weighted by Crippen LogP contribution is 2.19. The van der Waals surface area contributed by atoms with Gasteiger partial charge in [0.1, 0.15) is 6.54 Å². The van der Waals surface area contributed by atoms with Gasteiger partial charge in [-0.2, -0.15) is 4.99 Å². The zero-order valence-electron chi connectivity index (χ0n) is 13.1. The summed E-state index contributed by atoms with van der Waals surface area (Å²) in [6.07, 6.45) is 2.10. The molecular formula is C16H20N2O3S. The number of nitrogens with zero attached hydrogens (tertiary/aromatic N) is 2. The van der Waals surface area contributed by atoms with Crippen molar-refractivity contribution in [2.24, 2.45) is 4.99 Å². The van der Waals surface area contributed by atoms with E-state index in [-0.39, 0.29) is 18.4 Å². The fourth-order valence-corrected chi connectivity index (χ4v) is 3.26. The van der Waals surface area contributed by atoms with Gasteiger partial charge in [0.2, 0.25) is 5.91 Å². The van der Waals surface area contributed by atoms with Crippen LogP contribution in [0.3, 0.4) is 0 Å². The number of amides is 1. The van der Waals surface area contributed by atoms with Crippen LogP contribution in [0.25, 0.3) is 10.2 Å². The standard InChI is InChI=1S/C16H20N2O3S/c1-4-6-14(19)17-16-18(10-15(20)21-3)12-8-7-11(5-2)9-13(12)22-16/h7-9H,4-6,10H2,1-3H3. The number of hydrogen-bond donors (Lipinski definition) is 0. The molecule has 0 radical (unpaired) electrons. The molecule has 0 unspecified atom stereocenters. The van der Waals surface area contributed by atoms with Gasteiger partial charge in [-0.05, 0) is 30.5 Å².